The molecule has 1 amide bonds. The average molecular weight is 311 g/mol. The van der Waals surface area contributed by atoms with Crippen LogP contribution in [0.1, 0.15) is 22.8 Å². The first-order chi connectivity index (χ1) is 11.0. The Morgan fingerprint density at radius 2 is 2.04 bits per heavy atom. The quantitative estimate of drug-likeness (QED) is 0.925. The highest BCUT2D eigenvalue weighted by atomic mass is 16.5. The predicted octanol–water partition coefficient (Wildman–Crippen LogP) is 1.36. The van der Waals surface area contributed by atoms with Gasteiger partial charge in [-0.1, -0.05) is 12.1 Å². The van der Waals surface area contributed by atoms with Crippen molar-refractivity contribution < 1.29 is 19.4 Å². The number of carbonyl (C=O) groups excluding carboxylic acids is 2. The van der Waals surface area contributed by atoms with E-state index < -0.39 is 5.97 Å². The van der Waals surface area contributed by atoms with E-state index >= 15 is 0 Å². The zero-order valence-electron chi connectivity index (χ0n) is 12.5. The standard InChI is InChI=1S/C17H16N2O4/c1-11(20)18-14-5-6-16-13(7-14)9-19(10-23-16)15-4-2-3-12(8-15)17(21)22/h2-8H,9-10H2,1H3,(H,18,20)(H,21,22)/p-1. The van der Waals surface area contributed by atoms with E-state index in [1.165, 1.54) is 13.0 Å². The molecule has 2 aromatic carbocycles. The molecule has 23 heavy (non-hydrogen) atoms. The fourth-order valence-electron chi connectivity index (χ4n) is 2.52. The molecule has 0 spiro atoms. The maximum atomic E-state index is 11.2. The number of benzene rings is 2. The summed E-state index contributed by atoms with van der Waals surface area (Å²) in [7, 11) is 0. The second kappa shape index (κ2) is 6.00. The third kappa shape index (κ3) is 3.26. The lowest BCUT2D eigenvalue weighted by molar-refractivity contribution is -0.255. The Balaban J connectivity index is 1.85. The van der Waals surface area contributed by atoms with Crippen LogP contribution < -0.4 is 20.1 Å². The molecule has 1 aliphatic rings. The van der Waals surface area contributed by atoms with Gasteiger partial charge >= 0.3 is 0 Å². The van der Waals surface area contributed by atoms with Gasteiger partial charge in [-0.2, -0.15) is 0 Å². The van der Waals surface area contributed by atoms with Crippen LogP contribution >= 0.6 is 0 Å². The Labute approximate surface area is 133 Å². The number of amides is 1. The summed E-state index contributed by atoms with van der Waals surface area (Å²) >= 11 is 0. The molecule has 0 saturated carbocycles. The molecule has 1 N–H and O–H groups in total. The van der Waals surface area contributed by atoms with Crippen molar-refractivity contribution in [3.8, 4) is 5.75 Å². The lowest BCUT2D eigenvalue weighted by atomic mass is 10.1. The van der Waals surface area contributed by atoms with E-state index in [2.05, 4.69) is 5.32 Å². The van der Waals surface area contributed by atoms with Crippen LogP contribution in [0.25, 0.3) is 0 Å². The number of anilines is 2. The number of carbonyl (C=O) groups is 2. The molecule has 118 valence electrons. The minimum Gasteiger partial charge on any atom is -0.545 e. The third-order valence-corrected chi connectivity index (χ3v) is 3.56. The summed E-state index contributed by atoms with van der Waals surface area (Å²) in [6, 6.07) is 12.0. The molecule has 2 aromatic rings. The van der Waals surface area contributed by atoms with Gasteiger partial charge < -0.3 is 24.9 Å². The largest absolute Gasteiger partial charge is 0.545 e. The molecule has 0 aliphatic carbocycles. The van der Waals surface area contributed by atoms with Crippen molar-refractivity contribution in [2.45, 2.75) is 13.5 Å². The van der Waals surface area contributed by atoms with Gasteiger partial charge in [0.15, 0.2) is 6.73 Å². The van der Waals surface area contributed by atoms with Crippen LogP contribution in [0, 0.1) is 0 Å². The monoisotopic (exact) mass is 311 g/mol. The van der Waals surface area contributed by atoms with Gasteiger partial charge in [0, 0.05) is 30.4 Å². The highest BCUT2D eigenvalue weighted by Gasteiger charge is 2.18. The van der Waals surface area contributed by atoms with Gasteiger partial charge in [0.1, 0.15) is 5.75 Å². The zero-order chi connectivity index (χ0) is 16.4. The number of fused-ring (bicyclic) bond motifs is 1. The number of hydrogen-bond donors (Lipinski definition) is 1. The second-order valence-electron chi connectivity index (χ2n) is 5.31. The molecule has 1 aliphatic heterocycles. The number of hydrogen-bond acceptors (Lipinski definition) is 5. The molecule has 0 saturated heterocycles. The molecule has 1 heterocycles. The Kier molecular flexibility index (Phi) is 3.89. The number of aromatic carboxylic acids is 1. The average Bonchev–Trinajstić information content (AvgIpc) is 2.53. The van der Waals surface area contributed by atoms with Gasteiger partial charge in [-0.25, -0.2) is 0 Å². The molecule has 0 bridgehead atoms. The topological polar surface area (TPSA) is 81.7 Å². The molecule has 6 heteroatoms. The highest BCUT2D eigenvalue weighted by molar-refractivity contribution is 5.89. The molecular formula is C17H15N2O4-. The molecule has 0 fully saturated rings. The van der Waals surface area contributed by atoms with Crippen molar-refractivity contribution in [3.05, 3.63) is 53.6 Å². The first-order valence-electron chi connectivity index (χ1n) is 7.12. The molecule has 0 unspecified atom stereocenters. The maximum absolute atomic E-state index is 11.2. The molecular weight excluding hydrogens is 296 g/mol. The van der Waals surface area contributed by atoms with Crippen molar-refractivity contribution in [3.63, 3.8) is 0 Å². The summed E-state index contributed by atoms with van der Waals surface area (Å²) in [6.07, 6.45) is 0. The van der Waals surface area contributed by atoms with Crippen molar-refractivity contribution >= 4 is 23.3 Å². The van der Waals surface area contributed by atoms with Crippen LogP contribution in [0.2, 0.25) is 0 Å². The fraction of sp³-hybridized carbons (Fsp3) is 0.176. The Morgan fingerprint density at radius 3 is 2.78 bits per heavy atom. The number of ether oxygens (including phenoxy) is 1. The van der Waals surface area contributed by atoms with Gasteiger partial charge in [0.25, 0.3) is 0 Å². The first-order valence-corrected chi connectivity index (χ1v) is 7.12. The smallest absolute Gasteiger partial charge is 0.221 e. The molecule has 0 aromatic heterocycles. The summed E-state index contributed by atoms with van der Waals surface area (Å²) in [5, 5.41) is 13.7. The van der Waals surface area contributed by atoms with Crippen molar-refractivity contribution in [2.75, 3.05) is 16.9 Å². The van der Waals surface area contributed by atoms with E-state index in [0.717, 1.165) is 17.0 Å². The Morgan fingerprint density at radius 1 is 1.22 bits per heavy atom. The fourth-order valence-corrected chi connectivity index (χ4v) is 2.52. The second-order valence-corrected chi connectivity index (χ2v) is 5.31. The van der Waals surface area contributed by atoms with Crippen LogP contribution in [-0.4, -0.2) is 18.6 Å². The Hall–Kier alpha value is -3.02. The molecule has 0 radical (unpaired) electrons. The maximum Gasteiger partial charge on any atom is 0.221 e. The number of carboxylic acids is 1. The Bertz CT molecular complexity index is 773. The molecule has 3 rings (SSSR count). The van der Waals surface area contributed by atoms with E-state index in [0.29, 0.717) is 19.0 Å². The molecule has 6 nitrogen and oxygen atoms in total. The van der Waals surface area contributed by atoms with E-state index in [-0.39, 0.29) is 11.5 Å². The van der Waals surface area contributed by atoms with Crippen LogP contribution in [0.4, 0.5) is 11.4 Å². The summed E-state index contributed by atoms with van der Waals surface area (Å²) in [6.45, 7) is 2.33. The summed E-state index contributed by atoms with van der Waals surface area (Å²) < 4.78 is 5.70. The van der Waals surface area contributed by atoms with Crippen LogP contribution in [0.15, 0.2) is 42.5 Å². The number of carboxylic acid groups (broad SMARTS) is 1. The van der Waals surface area contributed by atoms with Gasteiger partial charge in [0.2, 0.25) is 5.91 Å². The number of rotatable bonds is 3. The van der Waals surface area contributed by atoms with Crippen molar-refractivity contribution in [2.24, 2.45) is 0 Å². The highest BCUT2D eigenvalue weighted by Crippen LogP contribution is 2.30. The zero-order valence-corrected chi connectivity index (χ0v) is 12.5. The normalized spacial score (nSPS) is 13.0. The third-order valence-electron chi connectivity index (χ3n) is 3.56. The van der Waals surface area contributed by atoms with Crippen LogP contribution in [-0.2, 0) is 11.3 Å². The predicted molar refractivity (Wildman–Crippen MR) is 83.2 cm³/mol. The van der Waals surface area contributed by atoms with Crippen LogP contribution in [0.3, 0.4) is 0 Å². The van der Waals surface area contributed by atoms with Gasteiger partial charge in [-0.05, 0) is 35.9 Å². The van der Waals surface area contributed by atoms with E-state index in [4.69, 9.17) is 4.74 Å². The van der Waals surface area contributed by atoms with Gasteiger partial charge in [0.05, 0.1) is 5.97 Å². The summed E-state index contributed by atoms with van der Waals surface area (Å²) in [5.74, 6) is -0.593. The first kappa shape index (κ1) is 14.9. The minimum absolute atomic E-state index is 0.125. The van der Waals surface area contributed by atoms with E-state index in [1.807, 2.05) is 23.1 Å². The molecule has 0 atom stereocenters. The van der Waals surface area contributed by atoms with Gasteiger partial charge in [-0.3, -0.25) is 4.79 Å². The van der Waals surface area contributed by atoms with E-state index in [1.54, 1.807) is 18.2 Å². The lowest BCUT2D eigenvalue weighted by Gasteiger charge is -2.31. The van der Waals surface area contributed by atoms with Crippen molar-refractivity contribution in [1.29, 1.82) is 0 Å². The van der Waals surface area contributed by atoms with Gasteiger partial charge in [-0.15, -0.1) is 0 Å². The SMILES string of the molecule is CC(=O)Nc1ccc2c(c1)CN(c1cccc(C(=O)[O-])c1)CO2. The summed E-state index contributed by atoms with van der Waals surface area (Å²) in [4.78, 5) is 24.0. The number of nitrogens with zero attached hydrogens (tertiary/aromatic N) is 1. The summed E-state index contributed by atoms with van der Waals surface area (Å²) in [5.41, 5.74) is 2.48. The van der Waals surface area contributed by atoms with E-state index in [9.17, 15) is 14.7 Å². The lowest BCUT2D eigenvalue weighted by Crippen LogP contribution is -2.32. The number of nitrogens with one attached hydrogen (secondary N) is 1. The van der Waals surface area contributed by atoms with Crippen molar-refractivity contribution in [1.82, 2.24) is 0 Å². The minimum atomic E-state index is -1.21. The van der Waals surface area contributed by atoms with Crippen LogP contribution in [0.5, 0.6) is 5.75 Å².